The summed E-state index contributed by atoms with van der Waals surface area (Å²) in [4.78, 5) is 2.26. The summed E-state index contributed by atoms with van der Waals surface area (Å²) in [6, 6.07) is 13.8. The number of ether oxygens (including phenoxy) is 1. The molecule has 5 nitrogen and oxygen atoms in total. The van der Waals surface area contributed by atoms with E-state index in [1.807, 2.05) is 30.3 Å². The van der Waals surface area contributed by atoms with Gasteiger partial charge in [-0.05, 0) is 36.2 Å². The Labute approximate surface area is 153 Å². The molecule has 1 atom stereocenters. The topological polar surface area (TPSA) is 58.6 Å². The summed E-state index contributed by atoms with van der Waals surface area (Å²) in [6.07, 6.45) is 0.00121. The van der Waals surface area contributed by atoms with Crippen molar-refractivity contribution in [3.8, 4) is 0 Å². The molecule has 0 bridgehead atoms. The molecule has 0 spiro atoms. The number of rotatable bonds is 6. The zero-order valence-electron chi connectivity index (χ0n) is 14.7. The molecule has 1 aliphatic heterocycles. The van der Waals surface area contributed by atoms with Crippen LogP contribution in [0.1, 0.15) is 17.2 Å². The second-order valence-electron chi connectivity index (χ2n) is 6.38. The number of hydrogen-bond acceptors (Lipinski definition) is 4. The van der Waals surface area contributed by atoms with E-state index in [2.05, 4.69) is 9.62 Å². The highest BCUT2D eigenvalue weighted by atomic mass is 32.2. The van der Waals surface area contributed by atoms with Gasteiger partial charge in [0.1, 0.15) is 5.82 Å². The molecule has 1 unspecified atom stereocenters. The van der Waals surface area contributed by atoms with Gasteiger partial charge in [-0.15, -0.1) is 0 Å². The van der Waals surface area contributed by atoms with Gasteiger partial charge in [0.05, 0.1) is 17.6 Å². The van der Waals surface area contributed by atoms with Crippen molar-refractivity contribution in [3.05, 3.63) is 65.5 Å². The van der Waals surface area contributed by atoms with Gasteiger partial charge in [0.25, 0.3) is 0 Å². The number of aryl methyl sites for hydroxylation is 1. The zero-order chi connectivity index (χ0) is 18.6. The van der Waals surface area contributed by atoms with Gasteiger partial charge in [0.15, 0.2) is 0 Å². The molecule has 0 saturated carbocycles. The number of nitrogens with zero attached hydrogens (tertiary/aromatic N) is 1. The highest BCUT2D eigenvalue weighted by Crippen LogP contribution is 2.21. The van der Waals surface area contributed by atoms with Crippen molar-refractivity contribution in [3.63, 3.8) is 0 Å². The Hall–Kier alpha value is -1.80. The van der Waals surface area contributed by atoms with E-state index in [9.17, 15) is 12.8 Å². The van der Waals surface area contributed by atoms with Crippen LogP contribution in [0.5, 0.6) is 0 Å². The fourth-order valence-corrected chi connectivity index (χ4v) is 4.09. The largest absolute Gasteiger partial charge is 0.371 e. The lowest BCUT2D eigenvalue weighted by atomic mass is 10.1. The van der Waals surface area contributed by atoms with Crippen molar-refractivity contribution in [2.45, 2.75) is 17.9 Å². The highest BCUT2D eigenvalue weighted by Gasteiger charge is 2.22. The van der Waals surface area contributed by atoms with E-state index >= 15 is 0 Å². The summed E-state index contributed by atoms with van der Waals surface area (Å²) in [5.41, 5.74) is 1.44. The van der Waals surface area contributed by atoms with Crippen molar-refractivity contribution >= 4 is 10.0 Å². The van der Waals surface area contributed by atoms with Crippen LogP contribution in [0.3, 0.4) is 0 Å². The first-order valence-corrected chi connectivity index (χ1v) is 10.1. The molecule has 1 saturated heterocycles. The van der Waals surface area contributed by atoms with Gasteiger partial charge in [0.2, 0.25) is 10.0 Å². The predicted octanol–water partition coefficient (Wildman–Crippen LogP) is 2.49. The normalized spacial score (nSPS) is 18.8. The molecule has 7 heteroatoms. The highest BCUT2D eigenvalue weighted by molar-refractivity contribution is 7.89. The van der Waals surface area contributed by atoms with Crippen LogP contribution in [0.2, 0.25) is 0 Å². The first-order chi connectivity index (χ1) is 12.5. The van der Waals surface area contributed by atoms with E-state index in [-0.39, 0.29) is 11.0 Å². The maximum atomic E-state index is 13.3. The third-order valence-electron chi connectivity index (χ3n) is 4.48. The second kappa shape index (κ2) is 8.26. The molecular weight excluding hydrogens is 355 g/mol. The average Bonchev–Trinajstić information content (AvgIpc) is 2.65. The molecule has 2 aromatic carbocycles. The molecule has 0 amide bonds. The second-order valence-corrected chi connectivity index (χ2v) is 8.15. The van der Waals surface area contributed by atoms with E-state index in [4.69, 9.17) is 4.74 Å². The van der Waals surface area contributed by atoms with Crippen LogP contribution in [0, 0.1) is 12.7 Å². The summed E-state index contributed by atoms with van der Waals surface area (Å²) < 4.78 is 46.4. The maximum Gasteiger partial charge on any atom is 0.240 e. The standard InChI is InChI=1S/C19H23FN2O3S/c1-15-13-17(7-8-18(15)20)26(23,24)21-9-10-22-11-12-25-19(14-22)16-5-3-2-4-6-16/h2-8,13,19,21H,9-12,14H2,1H3. The first kappa shape index (κ1) is 19.0. The quantitative estimate of drug-likeness (QED) is 0.839. The van der Waals surface area contributed by atoms with Gasteiger partial charge in [-0.25, -0.2) is 17.5 Å². The molecule has 26 heavy (non-hydrogen) atoms. The molecule has 1 fully saturated rings. The van der Waals surface area contributed by atoms with Crippen LogP contribution in [0.4, 0.5) is 4.39 Å². The van der Waals surface area contributed by atoms with Gasteiger partial charge in [-0.1, -0.05) is 30.3 Å². The summed E-state index contributed by atoms with van der Waals surface area (Å²) in [6.45, 7) is 4.53. The molecule has 3 rings (SSSR count). The zero-order valence-corrected chi connectivity index (χ0v) is 15.5. The average molecular weight is 378 g/mol. The van der Waals surface area contributed by atoms with Crippen molar-refractivity contribution in [1.29, 1.82) is 0 Å². The summed E-state index contributed by atoms with van der Waals surface area (Å²) in [7, 11) is -3.64. The summed E-state index contributed by atoms with van der Waals surface area (Å²) in [5.74, 6) is -0.413. The Morgan fingerprint density at radius 3 is 2.73 bits per heavy atom. The number of morpholine rings is 1. The van der Waals surface area contributed by atoms with Crippen molar-refractivity contribution in [2.75, 3.05) is 32.8 Å². The number of halogens is 1. The first-order valence-electron chi connectivity index (χ1n) is 8.60. The van der Waals surface area contributed by atoms with Crippen LogP contribution in [-0.4, -0.2) is 46.1 Å². The number of benzene rings is 2. The predicted molar refractivity (Wildman–Crippen MR) is 97.9 cm³/mol. The fourth-order valence-electron chi connectivity index (χ4n) is 2.98. The molecule has 1 N–H and O–H groups in total. The van der Waals surface area contributed by atoms with Crippen LogP contribution >= 0.6 is 0 Å². The van der Waals surface area contributed by atoms with E-state index in [0.29, 0.717) is 25.3 Å². The monoisotopic (exact) mass is 378 g/mol. The van der Waals surface area contributed by atoms with Crippen molar-refractivity contribution in [2.24, 2.45) is 0 Å². The number of nitrogens with one attached hydrogen (secondary N) is 1. The van der Waals surface area contributed by atoms with Gasteiger partial charge < -0.3 is 4.74 Å². The molecule has 0 aliphatic carbocycles. The van der Waals surface area contributed by atoms with E-state index < -0.39 is 15.8 Å². The Morgan fingerprint density at radius 1 is 1.23 bits per heavy atom. The van der Waals surface area contributed by atoms with Gasteiger partial charge in [-0.2, -0.15) is 0 Å². The Kier molecular flexibility index (Phi) is 6.03. The van der Waals surface area contributed by atoms with Crippen LogP contribution in [-0.2, 0) is 14.8 Å². The Bertz CT molecular complexity index is 843. The van der Waals surface area contributed by atoms with Crippen LogP contribution < -0.4 is 4.72 Å². The van der Waals surface area contributed by atoms with Crippen LogP contribution in [0.25, 0.3) is 0 Å². The van der Waals surface area contributed by atoms with Gasteiger partial charge in [0, 0.05) is 26.2 Å². The molecule has 0 radical (unpaired) electrons. The molecule has 140 valence electrons. The minimum absolute atomic E-state index is 0.00121. The smallest absolute Gasteiger partial charge is 0.240 e. The lowest BCUT2D eigenvalue weighted by molar-refractivity contribution is -0.0291. The van der Waals surface area contributed by atoms with Crippen molar-refractivity contribution < 1.29 is 17.5 Å². The summed E-state index contributed by atoms with van der Waals surface area (Å²) >= 11 is 0. The molecule has 0 aromatic heterocycles. The van der Waals surface area contributed by atoms with E-state index in [1.165, 1.54) is 18.2 Å². The lowest BCUT2D eigenvalue weighted by Crippen LogP contribution is -2.42. The Balaban J connectivity index is 1.54. The van der Waals surface area contributed by atoms with Crippen molar-refractivity contribution in [1.82, 2.24) is 9.62 Å². The maximum absolute atomic E-state index is 13.3. The third-order valence-corrected chi connectivity index (χ3v) is 5.94. The van der Waals surface area contributed by atoms with Crippen LogP contribution in [0.15, 0.2) is 53.4 Å². The molecular formula is C19H23FN2O3S. The van der Waals surface area contributed by atoms with E-state index in [0.717, 1.165) is 18.7 Å². The summed E-state index contributed by atoms with van der Waals surface area (Å²) in [5, 5.41) is 0. The Morgan fingerprint density at radius 2 is 2.00 bits per heavy atom. The minimum Gasteiger partial charge on any atom is -0.371 e. The molecule has 2 aromatic rings. The third kappa shape index (κ3) is 4.67. The number of sulfonamides is 1. The molecule has 1 aliphatic rings. The molecule has 1 heterocycles. The van der Waals surface area contributed by atoms with E-state index in [1.54, 1.807) is 6.92 Å². The minimum atomic E-state index is -3.64. The van der Waals surface area contributed by atoms with Gasteiger partial charge in [-0.3, -0.25) is 4.90 Å². The lowest BCUT2D eigenvalue weighted by Gasteiger charge is -2.33. The SMILES string of the molecule is Cc1cc(S(=O)(=O)NCCN2CCOC(c3ccccc3)C2)ccc1F. The number of hydrogen-bond donors (Lipinski definition) is 1. The van der Waals surface area contributed by atoms with Gasteiger partial charge >= 0.3 is 0 Å². The fraction of sp³-hybridized carbons (Fsp3) is 0.368.